The van der Waals surface area contributed by atoms with Crippen LogP contribution in [-0.2, 0) is 6.42 Å². The molecule has 0 aromatic heterocycles. The molecule has 1 rings (SSSR count). The fraction of sp³-hybridized carbons (Fsp3) is 0.471. The molecule has 0 aliphatic carbocycles. The molecule has 20 heavy (non-hydrogen) atoms. The Kier molecular flexibility index (Phi) is 7.48. The van der Waals surface area contributed by atoms with Gasteiger partial charge in [-0.25, -0.2) is 0 Å². The fourth-order valence-electron chi connectivity index (χ4n) is 2.20. The lowest BCUT2D eigenvalue weighted by Gasteiger charge is -2.11. The average Bonchev–Trinajstić information content (AvgIpc) is 2.40. The van der Waals surface area contributed by atoms with E-state index in [1.54, 1.807) is 0 Å². The number of nitrogens with one attached hydrogen (secondary N) is 2. The van der Waals surface area contributed by atoms with Gasteiger partial charge in [-0.2, -0.15) is 0 Å². The van der Waals surface area contributed by atoms with Crippen molar-refractivity contribution in [1.29, 1.82) is 0 Å². The first-order chi connectivity index (χ1) is 9.65. The van der Waals surface area contributed by atoms with Crippen LogP contribution in [0.3, 0.4) is 0 Å². The van der Waals surface area contributed by atoms with Crippen LogP contribution >= 0.6 is 0 Å². The quantitative estimate of drug-likeness (QED) is 0.362. The van der Waals surface area contributed by atoms with Gasteiger partial charge in [-0.15, -0.1) is 0 Å². The minimum absolute atomic E-state index is 0.874. The van der Waals surface area contributed by atoms with Crippen LogP contribution in [0.2, 0.25) is 0 Å². The van der Waals surface area contributed by atoms with E-state index < -0.39 is 0 Å². The van der Waals surface area contributed by atoms with Gasteiger partial charge in [0.05, 0.1) is 0 Å². The Morgan fingerprint density at radius 2 is 1.75 bits per heavy atom. The third-order valence-corrected chi connectivity index (χ3v) is 3.05. The zero-order valence-corrected chi connectivity index (χ0v) is 13.2. The van der Waals surface area contributed by atoms with E-state index in [2.05, 4.69) is 59.8 Å². The van der Waals surface area contributed by atoms with Crippen LogP contribution in [0.1, 0.15) is 30.0 Å². The van der Waals surface area contributed by atoms with Crippen LogP contribution < -0.4 is 10.6 Å². The molecule has 0 spiro atoms. The van der Waals surface area contributed by atoms with Crippen molar-refractivity contribution in [3.05, 3.63) is 47.0 Å². The molecule has 1 aromatic carbocycles. The van der Waals surface area contributed by atoms with Gasteiger partial charge >= 0.3 is 0 Å². The molecule has 1 aromatic rings. The molecule has 0 saturated heterocycles. The maximum Gasteiger partial charge on any atom is 0.190 e. The van der Waals surface area contributed by atoms with E-state index in [0.717, 1.165) is 31.9 Å². The molecule has 0 heterocycles. The summed E-state index contributed by atoms with van der Waals surface area (Å²) in [7, 11) is 1.81. The average molecular weight is 273 g/mol. The molecule has 0 aliphatic rings. The second-order valence-electron chi connectivity index (χ2n) is 5.03. The van der Waals surface area contributed by atoms with Gasteiger partial charge < -0.3 is 10.6 Å². The highest BCUT2D eigenvalue weighted by Gasteiger charge is 1.98. The molecule has 0 amide bonds. The number of allylic oxidation sites excluding steroid dienone is 1. The first-order valence-electron chi connectivity index (χ1n) is 7.28. The maximum absolute atomic E-state index is 4.22. The lowest BCUT2D eigenvalue weighted by molar-refractivity contribution is 0.791. The number of aliphatic imine (C=N–C) groups is 1. The fourth-order valence-corrected chi connectivity index (χ4v) is 2.20. The van der Waals surface area contributed by atoms with Crippen molar-refractivity contribution in [2.24, 2.45) is 4.99 Å². The van der Waals surface area contributed by atoms with Gasteiger partial charge in [0.1, 0.15) is 0 Å². The SMILES string of the molecule is C/C=C/CCNC(=NC)NCCc1cc(C)cc(C)c1. The van der Waals surface area contributed by atoms with E-state index in [1.165, 1.54) is 16.7 Å². The summed E-state index contributed by atoms with van der Waals surface area (Å²) in [6, 6.07) is 6.70. The van der Waals surface area contributed by atoms with Crippen LogP contribution in [0.25, 0.3) is 0 Å². The Hall–Kier alpha value is -1.77. The number of hydrogen-bond acceptors (Lipinski definition) is 1. The third kappa shape index (κ3) is 6.41. The summed E-state index contributed by atoms with van der Waals surface area (Å²) >= 11 is 0. The normalized spacial score (nSPS) is 11.9. The van der Waals surface area contributed by atoms with E-state index in [9.17, 15) is 0 Å². The van der Waals surface area contributed by atoms with Crippen molar-refractivity contribution in [1.82, 2.24) is 10.6 Å². The predicted octanol–water partition coefficient (Wildman–Crippen LogP) is 2.98. The van der Waals surface area contributed by atoms with E-state index in [4.69, 9.17) is 0 Å². The van der Waals surface area contributed by atoms with Gasteiger partial charge in [0.15, 0.2) is 5.96 Å². The summed E-state index contributed by atoms with van der Waals surface area (Å²) in [4.78, 5) is 4.22. The standard InChI is InChI=1S/C17H27N3/c1-5-6-7-9-19-17(18-4)20-10-8-16-12-14(2)11-15(3)13-16/h5-6,11-13H,7-10H2,1-4H3,(H2,18,19,20)/b6-5+. The summed E-state index contributed by atoms with van der Waals surface area (Å²) in [6.45, 7) is 8.13. The first kappa shape index (κ1) is 16.3. The lowest BCUT2D eigenvalue weighted by atomic mass is 10.1. The molecular weight excluding hydrogens is 246 g/mol. The number of benzene rings is 1. The second kappa shape index (κ2) is 9.18. The predicted molar refractivity (Wildman–Crippen MR) is 88.4 cm³/mol. The van der Waals surface area contributed by atoms with Crippen LogP contribution in [0, 0.1) is 13.8 Å². The van der Waals surface area contributed by atoms with E-state index in [-0.39, 0.29) is 0 Å². The Labute approximate surface area is 123 Å². The van der Waals surface area contributed by atoms with Gasteiger partial charge in [0.25, 0.3) is 0 Å². The highest BCUT2D eigenvalue weighted by Crippen LogP contribution is 2.08. The number of hydrogen-bond donors (Lipinski definition) is 2. The zero-order chi connectivity index (χ0) is 14.8. The first-order valence-corrected chi connectivity index (χ1v) is 7.28. The van der Waals surface area contributed by atoms with Crippen molar-refractivity contribution in [2.75, 3.05) is 20.1 Å². The van der Waals surface area contributed by atoms with Gasteiger partial charge in [-0.05, 0) is 39.2 Å². The molecule has 0 radical (unpaired) electrons. The topological polar surface area (TPSA) is 36.4 Å². The highest BCUT2D eigenvalue weighted by atomic mass is 15.2. The maximum atomic E-state index is 4.22. The smallest absolute Gasteiger partial charge is 0.190 e. The monoisotopic (exact) mass is 273 g/mol. The summed E-state index contributed by atoms with van der Waals surface area (Å²) in [6.07, 6.45) is 6.25. The van der Waals surface area contributed by atoms with Crippen LogP contribution in [0.5, 0.6) is 0 Å². The highest BCUT2D eigenvalue weighted by molar-refractivity contribution is 5.79. The summed E-state index contributed by atoms with van der Waals surface area (Å²) in [5.74, 6) is 0.874. The molecule has 0 saturated carbocycles. The van der Waals surface area contributed by atoms with Crippen LogP contribution in [0.4, 0.5) is 0 Å². The van der Waals surface area contributed by atoms with Crippen molar-refractivity contribution < 1.29 is 0 Å². The minimum Gasteiger partial charge on any atom is -0.356 e. The summed E-state index contributed by atoms with van der Waals surface area (Å²) < 4.78 is 0. The number of aryl methyl sites for hydroxylation is 2. The molecule has 0 atom stereocenters. The van der Waals surface area contributed by atoms with Crippen molar-refractivity contribution >= 4 is 5.96 Å². The van der Waals surface area contributed by atoms with E-state index in [0.29, 0.717) is 0 Å². The molecule has 0 unspecified atom stereocenters. The van der Waals surface area contributed by atoms with Gasteiger partial charge in [0, 0.05) is 20.1 Å². The third-order valence-electron chi connectivity index (χ3n) is 3.05. The van der Waals surface area contributed by atoms with E-state index in [1.807, 2.05) is 14.0 Å². The molecule has 3 heteroatoms. The largest absolute Gasteiger partial charge is 0.356 e. The zero-order valence-electron chi connectivity index (χ0n) is 13.2. The van der Waals surface area contributed by atoms with Crippen LogP contribution in [-0.4, -0.2) is 26.1 Å². The van der Waals surface area contributed by atoms with Crippen molar-refractivity contribution in [3.63, 3.8) is 0 Å². The van der Waals surface area contributed by atoms with Gasteiger partial charge in [-0.1, -0.05) is 41.5 Å². The van der Waals surface area contributed by atoms with Crippen molar-refractivity contribution in [2.45, 2.75) is 33.6 Å². The Bertz CT molecular complexity index is 441. The molecule has 2 N–H and O–H groups in total. The number of nitrogens with zero attached hydrogens (tertiary/aromatic N) is 1. The molecule has 0 fully saturated rings. The molecule has 0 aliphatic heterocycles. The summed E-state index contributed by atoms with van der Waals surface area (Å²) in [5.41, 5.74) is 4.03. The second-order valence-corrected chi connectivity index (χ2v) is 5.03. The minimum atomic E-state index is 0.874. The molecule has 3 nitrogen and oxygen atoms in total. The van der Waals surface area contributed by atoms with Crippen molar-refractivity contribution in [3.8, 4) is 0 Å². The number of rotatable bonds is 6. The lowest BCUT2D eigenvalue weighted by Crippen LogP contribution is -2.38. The summed E-state index contributed by atoms with van der Waals surface area (Å²) in [5, 5.41) is 6.65. The van der Waals surface area contributed by atoms with Gasteiger partial charge in [-0.3, -0.25) is 4.99 Å². The molecule has 110 valence electrons. The Morgan fingerprint density at radius 1 is 1.10 bits per heavy atom. The Morgan fingerprint density at radius 3 is 2.35 bits per heavy atom. The van der Waals surface area contributed by atoms with Gasteiger partial charge in [0.2, 0.25) is 0 Å². The Balaban J connectivity index is 2.34. The number of guanidine groups is 1. The molecule has 0 bridgehead atoms. The molecular formula is C17H27N3. The van der Waals surface area contributed by atoms with E-state index >= 15 is 0 Å². The van der Waals surface area contributed by atoms with Crippen LogP contribution in [0.15, 0.2) is 35.3 Å².